The molecule has 1 fully saturated rings. The SMILES string of the molecule is CCN(CC)CCOC1=CC2CCCCN2N1. The Morgan fingerprint density at radius 3 is 2.94 bits per heavy atom. The van der Waals surface area contributed by atoms with Crippen molar-refractivity contribution in [1.82, 2.24) is 15.3 Å². The lowest BCUT2D eigenvalue weighted by Gasteiger charge is -2.28. The summed E-state index contributed by atoms with van der Waals surface area (Å²) in [6, 6.07) is 0.562. The fourth-order valence-electron chi connectivity index (χ4n) is 2.53. The topological polar surface area (TPSA) is 27.7 Å². The summed E-state index contributed by atoms with van der Waals surface area (Å²) < 4.78 is 5.80. The lowest BCUT2D eigenvalue weighted by molar-refractivity contribution is 0.0961. The van der Waals surface area contributed by atoms with Crippen LogP contribution in [0.1, 0.15) is 33.1 Å². The number of hydrogen-bond acceptors (Lipinski definition) is 4. The van der Waals surface area contributed by atoms with Crippen LogP contribution < -0.4 is 5.43 Å². The highest BCUT2D eigenvalue weighted by Crippen LogP contribution is 2.22. The van der Waals surface area contributed by atoms with E-state index in [4.69, 9.17) is 4.74 Å². The van der Waals surface area contributed by atoms with E-state index in [-0.39, 0.29) is 0 Å². The molecular weight excluding hydrogens is 214 g/mol. The Morgan fingerprint density at radius 1 is 1.41 bits per heavy atom. The minimum atomic E-state index is 0.562. The molecule has 2 heterocycles. The smallest absolute Gasteiger partial charge is 0.198 e. The van der Waals surface area contributed by atoms with Crippen LogP contribution >= 0.6 is 0 Å². The number of nitrogens with one attached hydrogen (secondary N) is 1. The van der Waals surface area contributed by atoms with Gasteiger partial charge in [-0.15, -0.1) is 0 Å². The van der Waals surface area contributed by atoms with Crippen molar-refractivity contribution in [3.8, 4) is 0 Å². The second-order valence-electron chi connectivity index (χ2n) is 4.77. The predicted octanol–water partition coefficient (Wildman–Crippen LogP) is 1.56. The number of ether oxygens (including phenoxy) is 1. The van der Waals surface area contributed by atoms with Crippen molar-refractivity contribution in [3.63, 3.8) is 0 Å². The zero-order valence-electron chi connectivity index (χ0n) is 11.1. The second kappa shape index (κ2) is 6.26. The normalized spacial score (nSPS) is 24.4. The third-order valence-corrected chi connectivity index (χ3v) is 3.71. The monoisotopic (exact) mass is 239 g/mol. The maximum absolute atomic E-state index is 5.80. The van der Waals surface area contributed by atoms with Crippen molar-refractivity contribution in [2.75, 3.05) is 32.8 Å². The molecule has 0 aromatic rings. The summed E-state index contributed by atoms with van der Waals surface area (Å²) in [7, 11) is 0. The molecule has 1 unspecified atom stereocenters. The molecule has 0 bridgehead atoms. The number of fused-ring (bicyclic) bond motifs is 1. The summed E-state index contributed by atoms with van der Waals surface area (Å²) in [5.74, 6) is 0.962. The van der Waals surface area contributed by atoms with E-state index in [0.717, 1.165) is 38.7 Å². The molecule has 0 aromatic heterocycles. The van der Waals surface area contributed by atoms with Crippen molar-refractivity contribution in [2.24, 2.45) is 0 Å². The van der Waals surface area contributed by atoms with Gasteiger partial charge in [0, 0.05) is 13.1 Å². The van der Waals surface area contributed by atoms with Gasteiger partial charge in [0.25, 0.3) is 0 Å². The molecule has 0 spiro atoms. The highest BCUT2D eigenvalue weighted by molar-refractivity contribution is 5.06. The maximum Gasteiger partial charge on any atom is 0.198 e. The molecule has 98 valence electrons. The van der Waals surface area contributed by atoms with Gasteiger partial charge in [-0.05, 0) is 32.0 Å². The van der Waals surface area contributed by atoms with Crippen molar-refractivity contribution in [1.29, 1.82) is 0 Å². The van der Waals surface area contributed by atoms with Gasteiger partial charge < -0.3 is 9.64 Å². The molecule has 17 heavy (non-hydrogen) atoms. The number of rotatable bonds is 6. The van der Waals surface area contributed by atoms with Crippen LogP contribution in [0.15, 0.2) is 12.0 Å². The molecule has 2 aliphatic rings. The first-order valence-corrected chi connectivity index (χ1v) is 6.93. The van der Waals surface area contributed by atoms with Gasteiger partial charge in [-0.1, -0.05) is 20.3 Å². The number of nitrogens with zero attached hydrogens (tertiary/aromatic N) is 2. The molecule has 1 N–H and O–H groups in total. The van der Waals surface area contributed by atoms with Crippen LogP contribution in [0.25, 0.3) is 0 Å². The van der Waals surface area contributed by atoms with E-state index in [9.17, 15) is 0 Å². The van der Waals surface area contributed by atoms with E-state index in [2.05, 4.69) is 35.3 Å². The number of hydrogen-bond donors (Lipinski definition) is 1. The number of likely N-dealkylation sites (N-methyl/N-ethyl adjacent to an activating group) is 1. The zero-order chi connectivity index (χ0) is 12.1. The van der Waals surface area contributed by atoms with E-state index in [1.807, 2.05) is 0 Å². The van der Waals surface area contributed by atoms with Crippen LogP contribution in [0.4, 0.5) is 0 Å². The molecule has 0 saturated carbocycles. The van der Waals surface area contributed by atoms with Crippen LogP contribution in [0, 0.1) is 0 Å². The van der Waals surface area contributed by atoms with Gasteiger partial charge >= 0.3 is 0 Å². The Labute approximate surface area is 105 Å². The first-order valence-electron chi connectivity index (χ1n) is 6.93. The molecule has 4 nitrogen and oxygen atoms in total. The summed E-state index contributed by atoms with van der Waals surface area (Å²) >= 11 is 0. The van der Waals surface area contributed by atoms with Gasteiger partial charge in [0.15, 0.2) is 5.88 Å². The van der Waals surface area contributed by atoms with Crippen molar-refractivity contribution in [3.05, 3.63) is 12.0 Å². The largest absolute Gasteiger partial charge is 0.477 e. The van der Waals surface area contributed by atoms with Gasteiger partial charge in [0.2, 0.25) is 0 Å². The van der Waals surface area contributed by atoms with Crippen molar-refractivity contribution in [2.45, 2.75) is 39.2 Å². The molecule has 2 aliphatic heterocycles. The van der Waals surface area contributed by atoms with Crippen molar-refractivity contribution < 1.29 is 4.74 Å². The van der Waals surface area contributed by atoms with E-state index in [0.29, 0.717) is 6.04 Å². The molecule has 0 aliphatic carbocycles. The Kier molecular flexibility index (Phi) is 4.68. The Morgan fingerprint density at radius 2 is 2.24 bits per heavy atom. The fraction of sp³-hybridized carbons (Fsp3) is 0.846. The predicted molar refractivity (Wildman–Crippen MR) is 69.3 cm³/mol. The average Bonchev–Trinajstić information content (AvgIpc) is 2.77. The number of hydrazine groups is 1. The molecule has 0 radical (unpaired) electrons. The highest BCUT2D eigenvalue weighted by atomic mass is 16.5. The first kappa shape index (κ1) is 12.7. The van der Waals surface area contributed by atoms with Crippen LogP contribution in [0.5, 0.6) is 0 Å². The molecule has 1 saturated heterocycles. The van der Waals surface area contributed by atoms with E-state index in [1.165, 1.54) is 19.3 Å². The molecule has 0 amide bonds. The summed E-state index contributed by atoms with van der Waals surface area (Å²) in [5, 5.41) is 2.30. The Balaban J connectivity index is 1.70. The number of piperidine rings is 1. The Hall–Kier alpha value is -0.740. The van der Waals surface area contributed by atoms with Crippen LogP contribution in [-0.2, 0) is 4.74 Å². The minimum absolute atomic E-state index is 0.562. The lowest BCUT2D eigenvalue weighted by atomic mass is 10.1. The van der Waals surface area contributed by atoms with E-state index >= 15 is 0 Å². The van der Waals surface area contributed by atoms with Crippen LogP contribution in [0.2, 0.25) is 0 Å². The van der Waals surface area contributed by atoms with E-state index in [1.54, 1.807) is 0 Å². The summed E-state index contributed by atoms with van der Waals surface area (Å²) in [4.78, 5) is 2.38. The maximum atomic E-state index is 5.80. The average molecular weight is 239 g/mol. The first-order chi connectivity index (χ1) is 8.33. The van der Waals surface area contributed by atoms with Gasteiger partial charge in [-0.25, -0.2) is 5.01 Å². The van der Waals surface area contributed by atoms with Crippen molar-refractivity contribution >= 4 is 0 Å². The van der Waals surface area contributed by atoms with Gasteiger partial charge in [0.05, 0.1) is 6.04 Å². The summed E-state index contributed by atoms with van der Waals surface area (Å²) in [5.41, 5.74) is 3.36. The Bertz CT molecular complexity index is 263. The molecule has 0 aromatic carbocycles. The lowest BCUT2D eigenvalue weighted by Crippen LogP contribution is -2.42. The fourth-order valence-corrected chi connectivity index (χ4v) is 2.53. The van der Waals surface area contributed by atoms with Gasteiger partial charge in [0.1, 0.15) is 6.61 Å². The zero-order valence-corrected chi connectivity index (χ0v) is 11.1. The second-order valence-corrected chi connectivity index (χ2v) is 4.77. The molecule has 1 atom stereocenters. The quantitative estimate of drug-likeness (QED) is 0.761. The summed E-state index contributed by atoms with van der Waals surface area (Å²) in [6.45, 7) is 9.51. The third kappa shape index (κ3) is 3.36. The molecular formula is C13H25N3O. The minimum Gasteiger partial charge on any atom is -0.477 e. The molecule has 4 heteroatoms. The highest BCUT2D eigenvalue weighted by Gasteiger charge is 2.27. The van der Waals surface area contributed by atoms with Gasteiger partial charge in [-0.2, -0.15) is 0 Å². The van der Waals surface area contributed by atoms with Gasteiger partial charge in [-0.3, -0.25) is 5.43 Å². The third-order valence-electron chi connectivity index (χ3n) is 3.71. The summed E-state index contributed by atoms with van der Waals surface area (Å²) in [6.07, 6.45) is 6.13. The van der Waals surface area contributed by atoms with Crippen LogP contribution in [0.3, 0.4) is 0 Å². The standard InChI is InChI=1S/C13H25N3O/c1-3-15(4-2)9-10-17-13-11-12-7-5-6-8-16(12)14-13/h11-12,14H,3-10H2,1-2H3. The van der Waals surface area contributed by atoms with E-state index < -0.39 is 0 Å². The van der Waals surface area contributed by atoms with Crippen LogP contribution in [-0.4, -0.2) is 48.7 Å². The molecule has 2 rings (SSSR count).